The molecule has 0 atom stereocenters. The van der Waals surface area contributed by atoms with Crippen LogP contribution >= 0.6 is 0 Å². The molecule has 0 unspecified atom stereocenters. The topological polar surface area (TPSA) is 46.3 Å². The van der Waals surface area contributed by atoms with E-state index in [9.17, 15) is 0 Å². The molecule has 14 heavy (non-hydrogen) atoms. The third-order valence-corrected chi connectivity index (χ3v) is 2.30. The van der Waals surface area contributed by atoms with Gasteiger partial charge in [0.25, 0.3) is 0 Å². The maximum atomic E-state index is 9.13. The Bertz CT molecular complexity index is 443. The van der Waals surface area contributed by atoms with Crippen molar-refractivity contribution in [3.8, 4) is 17.0 Å². The zero-order valence-corrected chi connectivity index (χ0v) is 8.11. The summed E-state index contributed by atoms with van der Waals surface area (Å²) < 4.78 is 5.07. The Balaban J connectivity index is 2.49. The molecule has 1 N–H and O–H groups in total. The fourth-order valence-corrected chi connectivity index (χ4v) is 1.31. The maximum absolute atomic E-state index is 9.13. The smallest absolute Gasteiger partial charge is 0.137 e. The molecule has 0 bridgehead atoms. The number of phenolic OH excluding ortho intramolecular Hbond substituents is 1. The number of aryl methyl sites for hydroxylation is 1. The van der Waals surface area contributed by atoms with Gasteiger partial charge in [-0.2, -0.15) is 0 Å². The molecule has 1 aromatic heterocycles. The fourth-order valence-electron chi connectivity index (χ4n) is 1.31. The van der Waals surface area contributed by atoms with Crippen LogP contribution in [0, 0.1) is 13.8 Å². The third-order valence-electron chi connectivity index (χ3n) is 2.30. The SMILES string of the molecule is Cc1onc(-c2ccc(O)cc2)c1C. The summed E-state index contributed by atoms with van der Waals surface area (Å²) in [6, 6.07) is 6.91. The second-order valence-electron chi connectivity index (χ2n) is 3.26. The molecule has 0 amide bonds. The number of phenols is 1. The minimum absolute atomic E-state index is 0.256. The molecule has 0 radical (unpaired) electrons. The van der Waals surface area contributed by atoms with E-state index in [0.717, 1.165) is 22.6 Å². The molecule has 0 aliphatic carbocycles. The zero-order chi connectivity index (χ0) is 10.1. The van der Waals surface area contributed by atoms with E-state index in [0.29, 0.717) is 0 Å². The Morgan fingerprint density at radius 2 is 1.79 bits per heavy atom. The largest absolute Gasteiger partial charge is 0.508 e. The number of hydrogen-bond acceptors (Lipinski definition) is 3. The van der Waals surface area contributed by atoms with Crippen LogP contribution in [0.3, 0.4) is 0 Å². The van der Waals surface area contributed by atoms with Crippen LogP contribution in [0.5, 0.6) is 5.75 Å². The van der Waals surface area contributed by atoms with Crippen molar-refractivity contribution in [1.82, 2.24) is 5.16 Å². The molecular weight excluding hydrogens is 178 g/mol. The standard InChI is InChI=1S/C11H11NO2/c1-7-8(2)14-12-11(7)9-3-5-10(13)6-4-9/h3-6,13H,1-2H3. The summed E-state index contributed by atoms with van der Waals surface area (Å²) in [6.07, 6.45) is 0. The molecule has 1 heterocycles. The fraction of sp³-hybridized carbons (Fsp3) is 0.182. The molecule has 0 fully saturated rings. The van der Waals surface area contributed by atoms with Gasteiger partial charge in [-0.3, -0.25) is 0 Å². The van der Waals surface area contributed by atoms with E-state index in [4.69, 9.17) is 9.63 Å². The van der Waals surface area contributed by atoms with Gasteiger partial charge < -0.3 is 9.63 Å². The lowest BCUT2D eigenvalue weighted by atomic mass is 10.1. The van der Waals surface area contributed by atoms with Gasteiger partial charge in [-0.15, -0.1) is 0 Å². The zero-order valence-electron chi connectivity index (χ0n) is 8.11. The first-order valence-corrected chi connectivity index (χ1v) is 4.41. The van der Waals surface area contributed by atoms with Crippen LogP contribution in [-0.4, -0.2) is 10.3 Å². The Morgan fingerprint density at radius 1 is 1.14 bits per heavy atom. The lowest BCUT2D eigenvalue weighted by molar-refractivity contribution is 0.398. The summed E-state index contributed by atoms with van der Waals surface area (Å²) >= 11 is 0. The predicted molar refractivity (Wildman–Crippen MR) is 53.1 cm³/mol. The molecule has 0 aliphatic rings. The van der Waals surface area contributed by atoms with E-state index in [2.05, 4.69) is 5.16 Å². The molecule has 0 saturated heterocycles. The van der Waals surface area contributed by atoms with Crippen molar-refractivity contribution >= 4 is 0 Å². The van der Waals surface area contributed by atoms with Crippen LogP contribution in [-0.2, 0) is 0 Å². The molecule has 0 aliphatic heterocycles. The normalized spacial score (nSPS) is 10.4. The van der Waals surface area contributed by atoms with Gasteiger partial charge in [0.05, 0.1) is 0 Å². The van der Waals surface area contributed by atoms with Gasteiger partial charge in [-0.25, -0.2) is 0 Å². The van der Waals surface area contributed by atoms with Crippen molar-refractivity contribution in [2.75, 3.05) is 0 Å². The van der Waals surface area contributed by atoms with Crippen molar-refractivity contribution in [3.05, 3.63) is 35.6 Å². The molecule has 2 rings (SSSR count). The third kappa shape index (κ3) is 1.37. The Morgan fingerprint density at radius 3 is 2.29 bits per heavy atom. The van der Waals surface area contributed by atoms with Crippen molar-refractivity contribution in [2.24, 2.45) is 0 Å². The van der Waals surface area contributed by atoms with E-state index in [1.54, 1.807) is 12.1 Å². The summed E-state index contributed by atoms with van der Waals surface area (Å²) in [6.45, 7) is 3.85. The van der Waals surface area contributed by atoms with Crippen LogP contribution < -0.4 is 0 Å². The van der Waals surface area contributed by atoms with Crippen LogP contribution in [0.25, 0.3) is 11.3 Å². The Hall–Kier alpha value is -1.77. The van der Waals surface area contributed by atoms with Crippen LogP contribution in [0.4, 0.5) is 0 Å². The lowest BCUT2D eigenvalue weighted by Gasteiger charge is -1.97. The van der Waals surface area contributed by atoms with Gasteiger partial charge in [-0.05, 0) is 38.1 Å². The van der Waals surface area contributed by atoms with Gasteiger partial charge in [0.1, 0.15) is 17.2 Å². The van der Waals surface area contributed by atoms with Crippen molar-refractivity contribution in [2.45, 2.75) is 13.8 Å². The quantitative estimate of drug-likeness (QED) is 0.750. The van der Waals surface area contributed by atoms with Crippen molar-refractivity contribution < 1.29 is 9.63 Å². The summed E-state index contributed by atoms with van der Waals surface area (Å²) in [5, 5.41) is 13.1. The maximum Gasteiger partial charge on any atom is 0.137 e. The molecule has 0 saturated carbocycles. The van der Waals surface area contributed by atoms with E-state index in [1.165, 1.54) is 0 Å². The van der Waals surface area contributed by atoms with Crippen LogP contribution in [0.1, 0.15) is 11.3 Å². The highest BCUT2D eigenvalue weighted by atomic mass is 16.5. The van der Waals surface area contributed by atoms with Gasteiger partial charge in [-0.1, -0.05) is 5.16 Å². The number of aromatic hydroxyl groups is 1. The molecule has 0 spiro atoms. The number of hydrogen-bond donors (Lipinski definition) is 1. The van der Waals surface area contributed by atoms with Crippen molar-refractivity contribution in [1.29, 1.82) is 0 Å². The second kappa shape index (κ2) is 3.18. The van der Waals surface area contributed by atoms with E-state index >= 15 is 0 Å². The summed E-state index contributed by atoms with van der Waals surface area (Å²) in [4.78, 5) is 0. The monoisotopic (exact) mass is 189 g/mol. The van der Waals surface area contributed by atoms with Crippen LogP contribution in [0.15, 0.2) is 28.8 Å². The second-order valence-corrected chi connectivity index (χ2v) is 3.26. The highest BCUT2D eigenvalue weighted by molar-refractivity contribution is 5.63. The first-order valence-electron chi connectivity index (χ1n) is 4.41. The van der Waals surface area contributed by atoms with E-state index in [1.807, 2.05) is 26.0 Å². The number of aromatic nitrogens is 1. The first kappa shape index (κ1) is 8.81. The molecule has 2 aromatic rings. The average Bonchev–Trinajstić information content (AvgIpc) is 2.50. The van der Waals surface area contributed by atoms with Gasteiger partial charge in [0.15, 0.2) is 0 Å². The van der Waals surface area contributed by atoms with Crippen molar-refractivity contribution in [3.63, 3.8) is 0 Å². The molecule has 72 valence electrons. The highest BCUT2D eigenvalue weighted by Gasteiger charge is 2.09. The Labute approximate surface area is 82.0 Å². The minimum atomic E-state index is 0.256. The summed E-state index contributed by atoms with van der Waals surface area (Å²) in [7, 11) is 0. The predicted octanol–water partition coefficient (Wildman–Crippen LogP) is 2.66. The average molecular weight is 189 g/mol. The Kier molecular flexibility index (Phi) is 2.00. The molecular formula is C11H11NO2. The summed E-state index contributed by atoms with van der Waals surface area (Å²) in [5.41, 5.74) is 2.83. The molecule has 3 nitrogen and oxygen atoms in total. The number of rotatable bonds is 1. The van der Waals surface area contributed by atoms with Crippen LogP contribution in [0.2, 0.25) is 0 Å². The van der Waals surface area contributed by atoms with E-state index < -0.39 is 0 Å². The van der Waals surface area contributed by atoms with E-state index in [-0.39, 0.29) is 5.75 Å². The molecule has 3 heteroatoms. The summed E-state index contributed by atoms with van der Waals surface area (Å²) in [5.74, 6) is 1.08. The lowest BCUT2D eigenvalue weighted by Crippen LogP contribution is -1.80. The molecule has 1 aromatic carbocycles. The van der Waals surface area contributed by atoms with Gasteiger partial charge in [0.2, 0.25) is 0 Å². The highest BCUT2D eigenvalue weighted by Crippen LogP contribution is 2.25. The van der Waals surface area contributed by atoms with Gasteiger partial charge >= 0.3 is 0 Å². The minimum Gasteiger partial charge on any atom is -0.508 e. The number of nitrogens with zero attached hydrogens (tertiary/aromatic N) is 1. The number of benzene rings is 1. The first-order chi connectivity index (χ1) is 6.68. The van der Waals surface area contributed by atoms with Gasteiger partial charge in [0, 0.05) is 11.1 Å².